The molecule has 2 N–H and O–H groups in total. The third-order valence-electron chi connectivity index (χ3n) is 7.65. The Balaban J connectivity index is 1.28. The van der Waals surface area contributed by atoms with Crippen LogP contribution >= 0.6 is 0 Å². The minimum Gasteiger partial charge on any atom is -0.392 e. The van der Waals surface area contributed by atoms with Crippen LogP contribution in [0.1, 0.15) is 66.6 Å². The van der Waals surface area contributed by atoms with Gasteiger partial charge in [0.25, 0.3) is 0 Å². The lowest BCUT2D eigenvalue weighted by Gasteiger charge is -2.32. The maximum Gasteiger partial charge on any atom is 0.160 e. The van der Waals surface area contributed by atoms with Crippen LogP contribution < -0.4 is 0 Å². The molecule has 1 saturated heterocycles. The molecule has 6 rings (SSSR count). The van der Waals surface area contributed by atoms with E-state index in [2.05, 4.69) is 62.0 Å². The third-order valence-corrected chi connectivity index (χ3v) is 7.65. The van der Waals surface area contributed by atoms with E-state index in [9.17, 15) is 5.11 Å². The van der Waals surface area contributed by atoms with E-state index in [4.69, 9.17) is 0 Å². The van der Waals surface area contributed by atoms with Gasteiger partial charge in [-0.2, -0.15) is 5.10 Å². The SMILES string of the molecule is Cc1ncc(CN2CCC(c3ccc4[nH]c(-c5cc(CO)c6ncnn6c5)c(C(C)C)c4c3)CC2)cn1. The Bertz CT molecular complexity index is 1540. The van der Waals surface area contributed by atoms with E-state index < -0.39 is 0 Å². The average Bonchev–Trinajstić information content (AvgIpc) is 3.54. The number of hydrogen-bond donors (Lipinski definition) is 2. The van der Waals surface area contributed by atoms with Crippen LogP contribution in [0.4, 0.5) is 0 Å². The van der Waals surface area contributed by atoms with Crippen molar-refractivity contribution >= 4 is 16.6 Å². The number of pyridine rings is 1. The molecule has 0 bridgehead atoms. The molecule has 4 aromatic heterocycles. The van der Waals surface area contributed by atoms with Crippen molar-refractivity contribution in [2.24, 2.45) is 0 Å². The summed E-state index contributed by atoms with van der Waals surface area (Å²) in [6.07, 6.45) is 9.71. The topological polar surface area (TPSA) is 95.2 Å². The number of nitrogens with zero attached hydrogens (tertiary/aromatic N) is 6. The van der Waals surface area contributed by atoms with Crippen molar-refractivity contribution in [3.05, 3.63) is 77.3 Å². The fourth-order valence-corrected chi connectivity index (χ4v) is 5.74. The maximum absolute atomic E-state index is 9.94. The standard InChI is InChI=1S/C29H33N7O/c1-18(2)27-25-11-22(21-6-8-35(9-7-21)14-20-12-30-19(3)31-13-20)4-5-26(25)34-28(27)23-10-24(16-37)29-32-17-33-36(29)15-23/h4-5,10-13,15,17-18,21,34,37H,6-9,14,16H2,1-3H3. The fourth-order valence-electron chi connectivity index (χ4n) is 5.74. The van der Waals surface area contributed by atoms with Crippen molar-refractivity contribution in [2.75, 3.05) is 13.1 Å². The van der Waals surface area contributed by atoms with E-state index in [1.807, 2.05) is 31.6 Å². The number of H-pyrrole nitrogens is 1. The smallest absolute Gasteiger partial charge is 0.160 e. The fraction of sp³-hybridized carbons (Fsp3) is 0.379. The van der Waals surface area contributed by atoms with Crippen molar-refractivity contribution < 1.29 is 5.11 Å². The van der Waals surface area contributed by atoms with Crippen LogP contribution in [0.5, 0.6) is 0 Å². The number of aliphatic hydroxyl groups excluding tert-OH is 1. The molecule has 0 unspecified atom stereocenters. The zero-order valence-corrected chi connectivity index (χ0v) is 21.6. The Morgan fingerprint density at radius 3 is 2.59 bits per heavy atom. The number of piperidine rings is 1. The molecule has 1 aliphatic rings. The molecule has 0 saturated carbocycles. The maximum atomic E-state index is 9.94. The second kappa shape index (κ2) is 9.68. The monoisotopic (exact) mass is 495 g/mol. The minimum absolute atomic E-state index is 0.0763. The van der Waals surface area contributed by atoms with Gasteiger partial charge in [-0.05, 0) is 74.0 Å². The first-order chi connectivity index (χ1) is 18.0. The zero-order chi connectivity index (χ0) is 25.5. The number of rotatable bonds is 6. The van der Waals surface area contributed by atoms with Gasteiger partial charge in [-0.3, -0.25) is 4.90 Å². The van der Waals surface area contributed by atoms with E-state index in [1.165, 1.54) is 28.4 Å². The summed E-state index contributed by atoms with van der Waals surface area (Å²) in [5.74, 6) is 1.71. The van der Waals surface area contributed by atoms with Crippen molar-refractivity contribution in [1.29, 1.82) is 0 Å². The summed E-state index contributed by atoms with van der Waals surface area (Å²) < 4.78 is 1.75. The second-order valence-corrected chi connectivity index (χ2v) is 10.5. The van der Waals surface area contributed by atoms with Gasteiger partial charge in [0.1, 0.15) is 12.2 Å². The van der Waals surface area contributed by atoms with Crippen LogP contribution in [0.25, 0.3) is 27.8 Å². The summed E-state index contributed by atoms with van der Waals surface area (Å²) in [6.45, 7) is 9.40. The van der Waals surface area contributed by atoms with Gasteiger partial charge in [0.15, 0.2) is 5.65 Å². The molecule has 190 valence electrons. The number of aliphatic hydroxyl groups is 1. The molecule has 5 heterocycles. The van der Waals surface area contributed by atoms with Crippen LogP contribution in [-0.4, -0.2) is 52.6 Å². The van der Waals surface area contributed by atoms with Gasteiger partial charge in [-0.15, -0.1) is 0 Å². The molecule has 0 atom stereocenters. The van der Waals surface area contributed by atoms with Crippen LogP contribution in [0.15, 0.2) is 49.2 Å². The van der Waals surface area contributed by atoms with Gasteiger partial charge in [-0.25, -0.2) is 19.5 Å². The summed E-state index contributed by atoms with van der Waals surface area (Å²) >= 11 is 0. The molecule has 37 heavy (non-hydrogen) atoms. The first-order valence-corrected chi connectivity index (χ1v) is 13.1. The van der Waals surface area contributed by atoms with Crippen molar-refractivity contribution in [2.45, 2.75) is 58.6 Å². The number of aryl methyl sites for hydroxylation is 1. The van der Waals surface area contributed by atoms with Crippen molar-refractivity contribution in [3.63, 3.8) is 0 Å². The summed E-state index contributed by atoms with van der Waals surface area (Å²) in [5, 5.41) is 15.5. The van der Waals surface area contributed by atoms with Gasteiger partial charge >= 0.3 is 0 Å². The quantitative estimate of drug-likeness (QED) is 0.345. The van der Waals surface area contributed by atoms with E-state index in [-0.39, 0.29) is 6.61 Å². The van der Waals surface area contributed by atoms with Crippen LogP contribution in [-0.2, 0) is 13.2 Å². The van der Waals surface area contributed by atoms with E-state index >= 15 is 0 Å². The Morgan fingerprint density at radius 2 is 1.86 bits per heavy atom. The first kappa shape index (κ1) is 23.8. The van der Waals surface area contributed by atoms with Crippen LogP contribution in [0, 0.1) is 6.92 Å². The molecule has 1 aromatic carbocycles. The van der Waals surface area contributed by atoms with Crippen molar-refractivity contribution in [1.82, 2.24) is 34.4 Å². The first-order valence-electron chi connectivity index (χ1n) is 13.1. The van der Waals surface area contributed by atoms with Gasteiger partial charge < -0.3 is 10.1 Å². The Hall–Kier alpha value is -3.62. The van der Waals surface area contributed by atoms with Crippen molar-refractivity contribution in [3.8, 4) is 11.3 Å². The van der Waals surface area contributed by atoms with Crippen LogP contribution in [0.3, 0.4) is 0 Å². The number of fused-ring (bicyclic) bond motifs is 2. The van der Waals surface area contributed by atoms with Gasteiger partial charge in [0, 0.05) is 52.7 Å². The molecule has 0 aliphatic carbocycles. The molecular formula is C29H33N7O. The Labute approximate surface area is 216 Å². The largest absolute Gasteiger partial charge is 0.392 e. The normalized spacial score (nSPS) is 15.4. The average molecular weight is 496 g/mol. The molecule has 5 aromatic rings. The highest BCUT2D eigenvalue weighted by Gasteiger charge is 2.23. The lowest BCUT2D eigenvalue weighted by atomic mass is 9.87. The highest BCUT2D eigenvalue weighted by molar-refractivity contribution is 5.92. The highest BCUT2D eigenvalue weighted by atomic mass is 16.3. The highest BCUT2D eigenvalue weighted by Crippen LogP contribution is 2.38. The van der Waals surface area contributed by atoms with Gasteiger partial charge in [0.2, 0.25) is 0 Å². The number of hydrogen-bond acceptors (Lipinski definition) is 6. The second-order valence-electron chi connectivity index (χ2n) is 10.5. The molecule has 1 fully saturated rings. The van der Waals surface area contributed by atoms with Gasteiger partial charge in [-0.1, -0.05) is 19.9 Å². The summed E-state index contributed by atoms with van der Waals surface area (Å²) in [7, 11) is 0. The minimum atomic E-state index is -0.0763. The molecular weight excluding hydrogens is 462 g/mol. The molecule has 1 aliphatic heterocycles. The number of likely N-dealkylation sites (tertiary alicyclic amines) is 1. The third kappa shape index (κ3) is 4.51. The predicted octanol–water partition coefficient (Wildman–Crippen LogP) is 4.97. The molecule has 8 nitrogen and oxygen atoms in total. The molecule has 0 radical (unpaired) electrons. The number of benzene rings is 1. The molecule has 0 amide bonds. The lowest BCUT2D eigenvalue weighted by Crippen LogP contribution is -2.32. The van der Waals surface area contributed by atoms with Crippen LogP contribution in [0.2, 0.25) is 0 Å². The summed E-state index contributed by atoms with van der Waals surface area (Å²) in [6, 6.07) is 8.95. The van der Waals surface area contributed by atoms with Gasteiger partial charge in [0.05, 0.1) is 12.3 Å². The molecule has 8 heteroatoms. The van der Waals surface area contributed by atoms with E-state index in [1.54, 1.807) is 4.52 Å². The summed E-state index contributed by atoms with van der Waals surface area (Å²) in [4.78, 5) is 19.2. The predicted molar refractivity (Wildman–Crippen MR) is 144 cm³/mol. The van der Waals surface area contributed by atoms with E-state index in [0.717, 1.165) is 60.6 Å². The number of aromatic nitrogens is 6. The van der Waals surface area contributed by atoms with E-state index in [0.29, 0.717) is 17.5 Å². The Morgan fingerprint density at radius 1 is 1.08 bits per heavy atom. The number of aromatic amines is 1. The zero-order valence-electron chi connectivity index (χ0n) is 21.6. The lowest BCUT2D eigenvalue weighted by molar-refractivity contribution is 0.204. The Kier molecular flexibility index (Phi) is 6.22. The summed E-state index contributed by atoms with van der Waals surface area (Å²) in [5.41, 5.74) is 8.60. The number of nitrogens with one attached hydrogen (secondary N) is 1. The molecule has 0 spiro atoms.